The highest BCUT2D eigenvalue weighted by Gasteiger charge is 2.18. The van der Waals surface area contributed by atoms with Crippen LogP contribution in [-0.2, 0) is 9.53 Å². The Kier molecular flexibility index (Phi) is 3.73. The standard InChI is InChI=1S/C10H9NO5/c11-5-8(12)16-10(15)7-4-2-1-3-6(7)9(13)14/h1-4H,5,11H2,(H,13,14). The summed E-state index contributed by atoms with van der Waals surface area (Å²) >= 11 is 0. The van der Waals surface area contributed by atoms with Gasteiger partial charge in [0.2, 0.25) is 0 Å². The molecule has 6 heteroatoms. The predicted octanol–water partition coefficient (Wildman–Crippen LogP) is 0.0269. The van der Waals surface area contributed by atoms with Gasteiger partial charge in [-0.1, -0.05) is 12.1 Å². The fourth-order valence-corrected chi connectivity index (χ4v) is 1.05. The van der Waals surface area contributed by atoms with Gasteiger partial charge in [-0.15, -0.1) is 0 Å². The average Bonchev–Trinajstić information content (AvgIpc) is 2.28. The molecule has 0 unspecified atom stereocenters. The van der Waals surface area contributed by atoms with E-state index in [1.54, 1.807) is 0 Å². The van der Waals surface area contributed by atoms with Gasteiger partial charge in [0.05, 0.1) is 17.7 Å². The number of hydrogen-bond donors (Lipinski definition) is 2. The van der Waals surface area contributed by atoms with Gasteiger partial charge in [0.1, 0.15) is 0 Å². The van der Waals surface area contributed by atoms with Crippen molar-refractivity contribution in [2.24, 2.45) is 5.73 Å². The van der Waals surface area contributed by atoms with Crippen molar-refractivity contribution in [1.82, 2.24) is 0 Å². The normalized spacial score (nSPS) is 9.56. The van der Waals surface area contributed by atoms with E-state index >= 15 is 0 Å². The minimum absolute atomic E-state index is 0.184. The zero-order valence-electron chi connectivity index (χ0n) is 8.17. The molecule has 6 nitrogen and oxygen atoms in total. The molecule has 0 spiro atoms. The first-order chi connectivity index (χ1) is 7.56. The van der Waals surface area contributed by atoms with Crippen molar-refractivity contribution >= 4 is 17.9 Å². The monoisotopic (exact) mass is 223 g/mol. The molecule has 16 heavy (non-hydrogen) atoms. The van der Waals surface area contributed by atoms with Crippen molar-refractivity contribution < 1.29 is 24.2 Å². The van der Waals surface area contributed by atoms with E-state index < -0.39 is 24.5 Å². The Morgan fingerprint density at radius 2 is 1.75 bits per heavy atom. The van der Waals surface area contributed by atoms with Crippen LogP contribution in [0.25, 0.3) is 0 Å². The van der Waals surface area contributed by atoms with E-state index in [4.69, 9.17) is 10.8 Å². The second kappa shape index (κ2) is 5.04. The molecule has 0 bridgehead atoms. The number of carbonyl (C=O) groups excluding carboxylic acids is 2. The van der Waals surface area contributed by atoms with E-state index in [1.165, 1.54) is 24.3 Å². The molecule has 0 saturated heterocycles. The predicted molar refractivity (Wildman–Crippen MR) is 52.9 cm³/mol. The summed E-state index contributed by atoms with van der Waals surface area (Å²) in [5, 5.41) is 8.79. The van der Waals surface area contributed by atoms with Gasteiger partial charge in [-0.05, 0) is 12.1 Å². The summed E-state index contributed by atoms with van der Waals surface area (Å²) in [4.78, 5) is 32.9. The van der Waals surface area contributed by atoms with Crippen LogP contribution in [0.5, 0.6) is 0 Å². The van der Waals surface area contributed by atoms with Crippen LogP contribution in [0.15, 0.2) is 24.3 Å². The topological polar surface area (TPSA) is 107 Å². The Hall–Kier alpha value is -2.21. The smallest absolute Gasteiger partial charge is 0.346 e. The molecule has 1 aromatic carbocycles. The van der Waals surface area contributed by atoms with Crippen molar-refractivity contribution in [3.63, 3.8) is 0 Å². The van der Waals surface area contributed by atoms with Gasteiger partial charge in [-0.2, -0.15) is 0 Å². The summed E-state index contributed by atoms with van der Waals surface area (Å²) in [6, 6.07) is 5.43. The summed E-state index contributed by atoms with van der Waals surface area (Å²) in [5.41, 5.74) is 4.54. The third-order valence-electron chi connectivity index (χ3n) is 1.75. The lowest BCUT2D eigenvalue weighted by Crippen LogP contribution is -2.22. The van der Waals surface area contributed by atoms with Gasteiger partial charge < -0.3 is 15.6 Å². The zero-order chi connectivity index (χ0) is 12.1. The first kappa shape index (κ1) is 11.9. The molecule has 0 saturated carbocycles. The van der Waals surface area contributed by atoms with Crippen LogP contribution < -0.4 is 5.73 Å². The number of esters is 2. The molecule has 0 radical (unpaired) electrons. The molecule has 1 rings (SSSR count). The second-order valence-electron chi connectivity index (χ2n) is 2.82. The van der Waals surface area contributed by atoms with Crippen LogP contribution in [0.4, 0.5) is 0 Å². The molecule has 84 valence electrons. The van der Waals surface area contributed by atoms with Gasteiger partial charge in [0, 0.05) is 0 Å². The van der Waals surface area contributed by atoms with Crippen LogP contribution in [-0.4, -0.2) is 29.6 Å². The average molecular weight is 223 g/mol. The lowest BCUT2D eigenvalue weighted by atomic mass is 10.1. The number of ether oxygens (including phenoxy) is 1. The summed E-state index contributed by atoms with van der Waals surface area (Å²) in [6.07, 6.45) is 0. The van der Waals surface area contributed by atoms with Gasteiger partial charge in [-0.25, -0.2) is 9.59 Å². The lowest BCUT2D eigenvalue weighted by molar-refractivity contribution is -0.136. The van der Waals surface area contributed by atoms with Crippen LogP contribution in [0.1, 0.15) is 20.7 Å². The summed E-state index contributed by atoms with van der Waals surface area (Å²) in [7, 11) is 0. The van der Waals surface area contributed by atoms with Crippen molar-refractivity contribution in [2.45, 2.75) is 0 Å². The van der Waals surface area contributed by atoms with Gasteiger partial charge in [0.25, 0.3) is 0 Å². The Labute approximate surface area is 90.6 Å². The third-order valence-corrected chi connectivity index (χ3v) is 1.75. The highest BCUT2D eigenvalue weighted by Crippen LogP contribution is 2.10. The molecule has 1 aromatic rings. The van der Waals surface area contributed by atoms with Crippen molar-refractivity contribution in [3.8, 4) is 0 Å². The number of aromatic carboxylic acids is 1. The minimum Gasteiger partial charge on any atom is -0.478 e. The van der Waals surface area contributed by atoms with Gasteiger partial charge in [0.15, 0.2) is 0 Å². The van der Waals surface area contributed by atoms with E-state index in [2.05, 4.69) is 4.74 Å². The van der Waals surface area contributed by atoms with Crippen LogP contribution in [0.3, 0.4) is 0 Å². The van der Waals surface area contributed by atoms with E-state index in [1.807, 2.05) is 0 Å². The first-order valence-corrected chi connectivity index (χ1v) is 4.33. The van der Waals surface area contributed by atoms with E-state index in [-0.39, 0.29) is 11.1 Å². The maximum Gasteiger partial charge on any atom is 0.346 e. The molecule has 0 fully saturated rings. The molecule has 0 aliphatic rings. The molecule has 0 aliphatic heterocycles. The van der Waals surface area contributed by atoms with Gasteiger partial charge in [-0.3, -0.25) is 4.79 Å². The molecular weight excluding hydrogens is 214 g/mol. The number of rotatable bonds is 3. The van der Waals surface area contributed by atoms with E-state index in [9.17, 15) is 14.4 Å². The third kappa shape index (κ3) is 2.64. The van der Waals surface area contributed by atoms with Crippen LogP contribution in [0.2, 0.25) is 0 Å². The number of nitrogens with two attached hydrogens (primary N) is 1. The molecule has 0 aliphatic carbocycles. The van der Waals surface area contributed by atoms with Gasteiger partial charge >= 0.3 is 17.9 Å². The molecule has 0 atom stereocenters. The minimum atomic E-state index is -1.27. The molecule has 0 amide bonds. The SMILES string of the molecule is NCC(=O)OC(=O)c1ccccc1C(=O)O. The highest BCUT2D eigenvalue weighted by molar-refractivity contribution is 6.05. The second-order valence-corrected chi connectivity index (χ2v) is 2.82. The number of carboxylic acid groups (broad SMARTS) is 1. The van der Waals surface area contributed by atoms with Crippen molar-refractivity contribution in [2.75, 3.05) is 6.54 Å². The Morgan fingerprint density at radius 3 is 2.25 bits per heavy atom. The number of hydrogen-bond acceptors (Lipinski definition) is 5. The summed E-state index contributed by atoms with van der Waals surface area (Å²) < 4.78 is 4.31. The zero-order valence-corrected chi connectivity index (χ0v) is 8.17. The largest absolute Gasteiger partial charge is 0.478 e. The lowest BCUT2D eigenvalue weighted by Gasteiger charge is -2.04. The molecule has 0 aromatic heterocycles. The Bertz CT molecular complexity index is 441. The van der Waals surface area contributed by atoms with Crippen molar-refractivity contribution in [3.05, 3.63) is 35.4 Å². The highest BCUT2D eigenvalue weighted by atomic mass is 16.6. The fourth-order valence-electron chi connectivity index (χ4n) is 1.05. The Morgan fingerprint density at radius 1 is 1.19 bits per heavy atom. The summed E-state index contributed by atoms with van der Waals surface area (Å²) in [6.45, 7) is -0.443. The molecular formula is C10H9NO5. The maximum absolute atomic E-state index is 11.4. The quantitative estimate of drug-likeness (QED) is 0.552. The summed E-state index contributed by atoms with van der Waals surface area (Å²) in [5.74, 6) is -3.20. The molecule has 3 N–H and O–H groups in total. The van der Waals surface area contributed by atoms with E-state index in [0.29, 0.717) is 0 Å². The van der Waals surface area contributed by atoms with E-state index in [0.717, 1.165) is 0 Å². The van der Waals surface area contributed by atoms with Crippen LogP contribution in [0, 0.1) is 0 Å². The Balaban J connectivity index is 2.99. The number of carboxylic acids is 1. The first-order valence-electron chi connectivity index (χ1n) is 4.33. The molecule has 0 heterocycles. The van der Waals surface area contributed by atoms with Crippen molar-refractivity contribution in [1.29, 1.82) is 0 Å². The fraction of sp³-hybridized carbons (Fsp3) is 0.100. The number of benzene rings is 1. The van der Waals surface area contributed by atoms with Crippen LogP contribution >= 0.6 is 0 Å². The maximum atomic E-state index is 11.4. The number of carbonyl (C=O) groups is 3.